The molecule has 0 spiro atoms. The first-order valence-corrected chi connectivity index (χ1v) is 7.24. The van der Waals surface area contributed by atoms with Gasteiger partial charge >= 0.3 is 0 Å². The number of amides is 1. The fraction of sp³-hybridized carbons (Fsp3) is 0.188. The third-order valence-corrected chi connectivity index (χ3v) is 3.46. The molecule has 0 aliphatic carbocycles. The summed E-state index contributed by atoms with van der Waals surface area (Å²) in [6.07, 6.45) is 0. The van der Waals surface area contributed by atoms with E-state index in [4.69, 9.17) is 32.7 Å². The van der Waals surface area contributed by atoms with E-state index in [0.29, 0.717) is 33.7 Å². The molecule has 0 saturated carbocycles. The van der Waals surface area contributed by atoms with Crippen LogP contribution in [0.5, 0.6) is 11.5 Å². The van der Waals surface area contributed by atoms with Gasteiger partial charge in [0.05, 0.1) is 14.2 Å². The number of hydrogen-bond acceptors (Lipinski definition) is 3. The Bertz CT molecular complexity index is 669. The summed E-state index contributed by atoms with van der Waals surface area (Å²) in [4.78, 5) is 12.1. The van der Waals surface area contributed by atoms with Crippen LogP contribution < -0.4 is 14.8 Å². The van der Waals surface area contributed by atoms with Crippen LogP contribution in [0.25, 0.3) is 0 Å². The molecule has 116 valence electrons. The smallest absolute Gasteiger partial charge is 0.251 e. The maximum Gasteiger partial charge on any atom is 0.251 e. The molecule has 6 heteroatoms. The van der Waals surface area contributed by atoms with Gasteiger partial charge in [-0.3, -0.25) is 4.79 Å². The van der Waals surface area contributed by atoms with Crippen LogP contribution in [0.3, 0.4) is 0 Å². The fourth-order valence-electron chi connectivity index (χ4n) is 1.96. The monoisotopic (exact) mass is 339 g/mol. The van der Waals surface area contributed by atoms with Crippen molar-refractivity contribution in [2.24, 2.45) is 0 Å². The van der Waals surface area contributed by atoms with Gasteiger partial charge in [0.2, 0.25) is 0 Å². The van der Waals surface area contributed by atoms with E-state index in [-0.39, 0.29) is 5.91 Å². The van der Waals surface area contributed by atoms with Gasteiger partial charge in [-0.1, -0.05) is 29.3 Å². The second kappa shape index (κ2) is 7.38. The molecule has 1 amide bonds. The minimum absolute atomic E-state index is 0.251. The van der Waals surface area contributed by atoms with Gasteiger partial charge in [-0.25, -0.2) is 0 Å². The molecule has 22 heavy (non-hydrogen) atoms. The molecule has 0 radical (unpaired) electrons. The Morgan fingerprint density at radius 2 is 1.64 bits per heavy atom. The van der Waals surface area contributed by atoms with Crippen LogP contribution >= 0.6 is 23.2 Å². The van der Waals surface area contributed by atoms with E-state index in [1.165, 1.54) is 0 Å². The lowest BCUT2D eigenvalue weighted by Crippen LogP contribution is -2.22. The first kappa shape index (κ1) is 16.5. The van der Waals surface area contributed by atoms with Crippen molar-refractivity contribution >= 4 is 29.1 Å². The van der Waals surface area contributed by atoms with Crippen molar-refractivity contribution in [2.45, 2.75) is 6.54 Å². The van der Waals surface area contributed by atoms with Crippen molar-refractivity contribution in [1.82, 2.24) is 5.32 Å². The molecule has 0 aliphatic rings. The van der Waals surface area contributed by atoms with Gasteiger partial charge in [0.15, 0.2) is 11.5 Å². The quantitative estimate of drug-likeness (QED) is 0.897. The average molecular weight is 340 g/mol. The molecule has 2 aromatic carbocycles. The van der Waals surface area contributed by atoms with Gasteiger partial charge in [0, 0.05) is 22.2 Å². The summed E-state index contributed by atoms with van der Waals surface area (Å²) in [5.41, 5.74) is 1.30. The minimum Gasteiger partial charge on any atom is -0.493 e. The van der Waals surface area contributed by atoms with Gasteiger partial charge in [0.25, 0.3) is 5.91 Å². The molecule has 0 unspecified atom stereocenters. The molecular weight excluding hydrogens is 325 g/mol. The predicted molar refractivity (Wildman–Crippen MR) is 87.2 cm³/mol. The number of hydrogen-bond donors (Lipinski definition) is 1. The Labute approximate surface area is 138 Å². The lowest BCUT2D eigenvalue weighted by molar-refractivity contribution is 0.0951. The highest BCUT2D eigenvalue weighted by Crippen LogP contribution is 2.27. The number of ether oxygens (including phenoxy) is 2. The summed E-state index contributed by atoms with van der Waals surface area (Å²) in [6, 6.07) is 10.2. The van der Waals surface area contributed by atoms with E-state index in [0.717, 1.165) is 5.56 Å². The number of carbonyl (C=O) groups excluding carboxylic acids is 1. The lowest BCUT2D eigenvalue weighted by atomic mass is 10.1. The lowest BCUT2D eigenvalue weighted by Gasteiger charge is -2.10. The number of nitrogens with one attached hydrogen (secondary N) is 1. The summed E-state index contributed by atoms with van der Waals surface area (Å²) in [5.74, 6) is 0.999. The summed E-state index contributed by atoms with van der Waals surface area (Å²) in [7, 11) is 3.14. The molecule has 2 rings (SSSR count). The van der Waals surface area contributed by atoms with E-state index < -0.39 is 0 Å². The van der Waals surface area contributed by atoms with Crippen LogP contribution in [-0.2, 0) is 6.54 Å². The fourth-order valence-corrected chi connectivity index (χ4v) is 2.49. The third kappa shape index (κ3) is 4.06. The zero-order valence-electron chi connectivity index (χ0n) is 12.2. The maximum absolute atomic E-state index is 12.1. The molecule has 0 fully saturated rings. The molecule has 0 saturated heterocycles. The maximum atomic E-state index is 12.1. The van der Waals surface area contributed by atoms with Crippen molar-refractivity contribution in [2.75, 3.05) is 14.2 Å². The highest BCUT2D eigenvalue weighted by Gasteiger charge is 2.09. The highest BCUT2D eigenvalue weighted by atomic mass is 35.5. The summed E-state index contributed by atoms with van der Waals surface area (Å²) >= 11 is 11.8. The van der Waals surface area contributed by atoms with Crippen molar-refractivity contribution in [3.05, 3.63) is 57.6 Å². The van der Waals surface area contributed by atoms with Crippen LogP contribution in [0.15, 0.2) is 36.4 Å². The Morgan fingerprint density at radius 3 is 2.23 bits per heavy atom. The molecule has 0 aromatic heterocycles. The van der Waals surface area contributed by atoms with Crippen LogP contribution in [-0.4, -0.2) is 20.1 Å². The van der Waals surface area contributed by atoms with Gasteiger partial charge in [-0.05, 0) is 35.9 Å². The van der Waals surface area contributed by atoms with Gasteiger partial charge < -0.3 is 14.8 Å². The number of benzene rings is 2. The molecular formula is C16H15Cl2NO3. The van der Waals surface area contributed by atoms with Crippen molar-refractivity contribution in [3.63, 3.8) is 0 Å². The number of carbonyl (C=O) groups is 1. The second-order valence-electron chi connectivity index (χ2n) is 4.53. The number of halogens is 2. The Hall–Kier alpha value is -1.91. The largest absolute Gasteiger partial charge is 0.493 e. The zero-order chi connectivity index (χ0) is 16.1. The van der Waals surface area contributed by atoms with Crippen LogP contribution in [0.2, 0.25) is 10.0 Å². The van der Waals surface area contributed by atoms with Gasteiger partial charge in [-0.15, -0.1) is 0 Å². The van der Waals surface area contributed by atoms with Crippen molar-refractivity contribution < 1.29 is 14.3 Å². The standard InChI is InChI=1S/C16H15Cl2NO3/c1-21-14-4-3-10(5-15(14)22-2)9-19-16(20)11-6-12(17)8-13(18)7-11/h3-8H,9H2,1-2H3,(H,19,20). The SMILES string of the molecule is COc1ccc(CNC(=O)c2cc(Cl)cc(Cl)c2)cc1OC. The van der Waals surface area contributed by atoms with Crippen LogP contribution in [0, 0.1) is 0 Å². The van der Waals surface area contributed by atoms with E-state index in [2.05, 4.69) is 5.32 Å². The minimum atomic E-state index is -0.251. The molecule has 0 heterocycles. The van der Waals surface area contributed by atoms with E-state index >= 15 is 0 Å². The topological polar surface area (TPSA) is 47.6 Å². The summed E-state index contributed by atoms with van der Waals surface area (Å²) in [5, 5.41) is 3.65. The third-order valence-electron chi connectivity index (χ3n) is 3.03. The van der Waals surface area contributed by atoms with Crippen LogP contribution in [0.4, 0.5) is 0 Å². The Balaban J connectivity index is 2.07. The normalized spacial score (nSPS) is 10.2. The first-order chi connectivity index (χ1) is 10.5. The second-order valence-corrected chi connectivity index (χ2v) is 5.40. The highest BCUT2D eigenvalue weighted by molar-refractivity contribution is 6.35. The average Bonchev–Trinajstić information content (AvgIpc) is 2.51. The zero-order valence-corrected chi connectivity index (χ0v) is 13.7. The summed E-state index contributed by atoms with van der Waals surface area (Å²) < 4.78 is 10.4. The molecule has 0 bridgehead atoms. The van der Waals surface area contributed by atoms with Crippen LogP contribution in [0.1, 0.15) is 15.9 Å². The molecule has 2 aromatic rings. The molecule has 4 nitrogen and oxygen atoms in total. The van der Waals surface area contributed by atoms with Crippen molar-refractivity contribution in [1.29, 1.82) is 0 Å². The van der Waals surface area contributed by atoms with Gasteiger partial charge in [-0.2, -0.15) is 0 Å². The number of rotatable bonds is 5. The van der Waals surface area contributed by atoms with E-state index in [1.807, 2.05) is 12.1 Å². The molecule has 1 N–H and O–H groups in total. The van der Waals surface area contributed by atoms with E-state index in [1.54, 1.807) is 38.5 Å². The summed E-state index contributed by atoms with van der Waals surface area (Å²) in [6.45, 7) is 0.351. The predicted octanol–water partition coefficient (Wildman–Crippen LogP) is 3.94. The van der Waals surface area contributed by atoms with E-state index in [9.17, 15) is 4.79 Å². The van der Waals surface area contributed by atoms with Crippen molar-refractivity contribution in [3.8, 4) is 11.5 Å². The Kier molecular flexibility index (Phi) is 5.52. The number of methoxy groups -OCH3 is 2. The molecule has 0 aliphatic heterocycles. The molecule has 0 atom stereocenters. The van der Waals surface area contributed by atoms with Gasteiger partial charge in [0.1, 0.15) is 0 Å². The Morgan fingerprint density at radius 1 is 1.00 bits per heavy atom. The first-order valence-electron chi connectivity index (χ1n) is 6.48.